The van der Waals surface area contributed by atoms with Gasteiger partial charge in [-0.15, -0.1) is 0 Å². The minimum Gasteiger partial charge on any atom is -0.480 e. The lowest BCUT2D eigenvalue weighted by Crippen LogP contribution is -2.47. The molecule has 0 heterocycles. The van der Waals surface area contributed by atoms with Crippen LogP contribution in [0.15, 0.2) is 0 Å². The molecule has 0 radical (unpaired) electrons. The molecule has 0 aliphatic heterocycles. The maximum Gasteiger partial charge on any atom is 0.323 e. The molecule has 0 saturated heterocycles. The summed E-state index contributed by atoms with van der Waals surface area (Å²) in [5, 5.41) is 11.0. The van der Waals surface area contributed by atoms with E-state index in [1.807, 2.05) is 0 Å². The van der Waals surface area contributed by atoms with Gasteiger partial charge >= 0.3 is 12.0 Å². The molecule has 0 rings (SSSR count). The van der Waals surface area contributed by atoms with Crippen LogP contribution >= 0.6 is 0 Å². The van der Waals surface area contributed by atoms with Crippen LogP contribution in [0, 0.1) is 0 Å². The fourth-order valence-corrected chi connectivity index (χ4v) is 2.28. The smallest absolute Gasteiger partial charge is 0.323 e. The Labute approximate surface area is 101 Å². The van der Waals surface area contributed by atoms with Crippen molar-refractivity contribution >= 4 is 21.8 Å². The van der Waals surface area contributed by atoms with Crippen LogP contribution in [0.2, 0.25) is 0 Å². The van der Waals surface area contributed by atoms with Crippen molar-refractivity contribution in [3.05, 3.63) is 0 Å². The third kappa shape index (κ3) is 7.56. The van der Waals surface area contributed by atoms with Crippen LogP contribution in [-0.2, 0) is 14.6 Å². The van der Waals surface area contributed by atoms with Crippen LogP contribution in [-0.4, -0.2) is 61.6 Å². The molecule has 100 valence electrons. The zero-order valence-electron chi connectivity index (χ0n) is 10.1. The molecule has 0 aliphatic rings. The first kappa shape index (κ1) is 15.7. The Kier molecular flexibility index (Phi) is 5.94. The maximum absolute atomic E-state index is 11.6. The van der Waals surface area contributed by atoms with Gasteiger partial charge in [-0.05, 0) is 13.8 Å². The number of nitrogens with zero attached hydrogens (tertiary/aromatic N) is 1. The third-order valence-corrected chi connectivity index (χ3v) is 3.02. The lowest BCUT2D eigenvalue weighted by Gasteiger charge is -2.21. The number of amides is 2. The van der Waals surface area contributed by atoms with E-state index >= 15 is 0 Å². The molecular formula is C9H18N2O5S. The predicted molar refractivity (Wildman–Crippen MR) is 62.6 cm³/mol. The number of aliphatic carboxylic acids is 1. The second kappa shape index (κ2) is 6.43. The average Bonchev–Trinajstić information content (AvgIpc) is 2.10. The number of hydrogen-bond acceptors (Lipinski definition) is 4. The van der Waals surface area contributed by atoms with Crippen molar-refractivity contribution in [1.82, 2.24) is 10.2 Å². The number of sulfone groups is 1. The van der Waals surface area contributed by atoms with Crippen LogP contribution in [0.3, 0.4) is 0 Å². The number of nitrogens with one attached hydrogen (secondary N) is 1. The Morgan fingerprint density at radius 2 is 1.94 bits per heavy atom. The first-order chi connectivity index (χ1) is 7.65. The highest BCUT2D eigenvalue weighted by molar-refractivity contribution is 7.90. The molecular weight excluding hydrogens is 248 g/mol. The monoisotopic (exact) mass is 266 g/mol. The van der Waals surface area contributed by atoms with E-state index in [9.17, 15) is 18.0 Å². The Morgan fingerprint density at radius 1 is 1.41 bits per heavy atom. The minimum atomic E-state index is -3.17. The van der Waals surface area contributed by atoms with Crippen LogP contribution in [0.1, 0.15) is 13.8 Å². The van der Waals surface area contributed by atoms with Gasteiger partial charge in [0.05, 0.1) is 5.75 Å². The highest BCUT2D eigenvalue weighted by atomic mass is 32.2. The summed E-state index contributed by atoms with van der Waals surface area (Å²) in [5.74, 6) is -1.29. The van der Waals surface area contributed by atoms with Gasteiger partial charge in [0.15, 0.2) is 0 Å². The number of likely N-dealkylation sites (N-methyl/N-ethyl adjacent to an activating group) is 1. The van der Waals surface area contributed by atoms with Crippen LogP contribution in [0.25, 0.3) is 0 Å². The molecule has 0 fully saturated rings. The van der Waals surface area contributed by atoms with Gasteiger partial charge in [0.1, 0.15) is 16.4 Å². The molecule has 2 N–H and O–H groups in total. The molecule has 0 saturated carbocycles. The van der Waals surface area contributed by atoms with Crippen molar-refractivity contribution < 1.29 is 23.1 Å². The van der Waals surface area contributed by atoms with Gasteiger partial charge in [-0.1, -0.05) is 0 Å². The fourth-order valence-electron chi connectivity index (χ4n) is 1.29. The molecule has 2 amide bonds. The molecule has 0 spiro atoms. The largest absolute Gasteiger partial charge is 0.480 e. The van der Waals surface area contributed by atoms with Gasteiger partial charge in [0, 0.05) is 18.8 Å². The SMILES string of the molecule is CCN(CC(=O)O)C(=O)NC(C)CS(C)(=O)=O. The molecule has 0 aromatic rings. The number of urea groups is 1. The summed E-state index contributed by atoms with van der Waals surface area (Å²) < 4.78 is 22.0. The van der Waals surface area contributed by atoms with Crippen molar-refractivity contribution in [1.29, 1.82) is 0 Å². The van der Waals surface area contributed by atoms with E-state index in [4.69, 9.17) is 5.11 Å². The van der Waals surface area contributed by atoms with Gasteiger partial charge in [-0.25, -0.2) is 13.2 Å². The van der Waals surface area contributed by atoms with Crippen LogP contribution in [0.5, 0.6) is 0 Å². The molecule has 1 atom stereocenters. The summed E-state index contributed by atoms with van der Waals surface area (Å²) in [5.41, 5.74) is 0. The summed E-state index contributed by atoms with van der Waals surface area (Å²) in [6.07, 6.45) is 1.07. The molecule has 1 unspecified atom stereocenters. The van der Waals surface area contributed by atoms with Crippen molar-refractivity contribution in [2.75, 3.05) is 25.1 Å². The molecule has 0 aliphatic carbocycles. The van der Waals surface area contributed by atoms with E-state index in [2.05, 4.69) is 5.32 Å². The summed E-state index contributed by atoms with van der Waals surface area (Å²) in [6.45, 7) is 3.02. The second-order valence-corrected chi connectivity index (χ2v) is 6.04. The molecule has 0 aromatic heterocycles. The van der Waals surface area contributed by atoms with E-state index in [1.165, 1.54) is 0 Å². The predicted octanol–water partition coefficient (Wildman–Crippen LogP) is -0.464. The Bertz CT molecular complexity index is 379. The molecule has 7 nitrogen and oxygen atoms in total. The van der Waals surface area contributed by atoms with E-state index in [-0.39, 0.29) is 12.3 Å². The summed E-state index contributed by atoms with van der Waals surface area (Å²) >= 11 is 0. The van der Waals surface area contributed by atoms with E-state index < -0.39 is 34.4 Å². The number of carbonyl (C=O) groups is 2. The second-order valence-electron chi connectivity index (χ2n) is 3.85. The van der Waals surface area contributed by atoms with Crippen LogP contribution < -0.4 is 5.32 Å². The average molecular weight is 266 g/mol. The van der Waals surface area contributed by atoms with Crippen molar-refractivity contribution in [3.63, 3.8) is 0 Å². The Morgan fingerprint density at radius 3 is 2.29 bits per heavy atom. The zero-order valence-corrected chi connectivity index (χ0v) is 11.0. The zero-order chi connectivity index (χ0) is 13.6. The molecule has 8 heteroatoms. The van der Waals surface area contributed by atoms with Gasteiger partial charge in [-0.2, -0.15) is 0 Å². The highest BCUT2D eigenvalue weighted by Crippen LogP contribution is 1.94. The number of hydrogen-bond donors (Lipinski definition) is 2. The van der Waals surface area contributed by atoms with Gasteiger partial charge in [0.2, 0.25) is 0 Å². The minimum absolute atomic E-state index is 0.177. The van der Waals surface area contributed by atoms with Gasteiger partial charge in [-0.3, -0.25) is 4.79 Å². The third-order valence-electron chi connectivity index (χ3n) is 1.92. The van der Waals surface area contributed by atoms with E-state index in [0.717, 1.165) is 11.2 Å². The quantitative estimate of drug-likeness (QED) is 0.676. The van der Waals surface area contributed by atoms with Crippen molar-refractivity contribution in [2.45, 2.75) is 19.9 Å². The first-order valence-corrected chi connectivity index (χ1v) is 7.16. The van der Waals surface area contributed by atoms with Crippen molar-refractivity contribution in [2.24, 2.45) is 0 Å². The number of carboxylic acid groups (broad SMARTS) is 1. The number of carboxylic acids is 1. The van der Waals surface area contributed by atoms with E-state index in [1.54, 1.807) is 13.8 Å². The molecule has 0 aromatic carbocycles. The van der Waals surface area contributed by atoms with E-state index in [0.29, 0.717) is 0 Å². The number of rotatable bonds is 6. The van der Waals surface area contributed by atoms with Crippen LogP contribution in [0.4, 0.5) is 4.79 Å². The first-order valence-electron chi connectivity index (χ1n) is 5.10. The summed E-state index contributed by atoms with van der Waals surface area (Å²) in [6, 6.07) is -1.13. The fraction of sp³-hybridized carbons (Fsp3) is 0.778. The Hall–Kier alpha value is -1.31. The molecule has 17 heavy (non-hydrogen) atoms. The highest BCUT2D eigenvalue weighted by Gasteiger charge is 2.18. The number of carbonyl (C=O) groups excluding carboxylic acids is 1. The maximum atomic E-state index is 11.6. The molecule has 0 bridgehead atoms. The summed E-state index contributed by atoms with van der Waals surface area (Å²) in [4.78, 5) is 23.1. The van der Waals surface area contributed by atoms with Crippen molar-refractivity contribution in [3.8, 4) is 0 Å². The lowest BCUT2D eigenvalue weighted by molar-refractivity contribution is -0.137. The van der Waals surface area contributed by atoms with Gasteiger partial charge in [0.25, 0.3) is 0 Å². The summed E-state index contributed by atoms with van der Waals surface area (Å²) in [7, 11) is -3.17. The Balaban J connectivity index is 4.36. The lowest BCUT2D eigenvalue weighted by atomic mass is 10.4. The van der Waals surface area contributed by atoms with Gasteiger partial charge < -0.3 is 15.3 Å². The standard InChI is InChI=1S/C9H18N2O5S/c1-4-11(5-8(12)13)9(14)10-7(2)6-17(3,15)16/h7H,4-6H2,1-3H3,(H,10,14)(H,12,13). The normalized spacial score (nSPS) is 12.9. The topological polar surface area (TPSA) is 104 Å².